The Balaban J connectivity index is 1.52. The Bertz CT molecular complexity index is 459. The molecule has 114 valence electrons. The van der Waals surface area contributed by atoms with Gasteiger partial charge in [0.2, 0.25) is 5.91 Å². The Morgan fingerprint density at radius 3 is 2.24 bits per heavy atom. The molecule has 0 saturated carbocycles. The van der Waals surface area contributed by atoms with E-state index in [1.54, 1.807) is 0 Å². The highest BCUT2D eigenvalue weighted by Crippen LogP contribution is 2.12. The van der Waals surface area contributed by atoms with Crippen LogP contribution in [0.5, 0.6) is 0 Å². The third-order valence-electron chi connectivity index (χ3n) is 4.45. The summed E-state index contributed by atoms with van der Waals surface area (Å²) in [6, 6.07) is 8.58. The first kappa shape index (κ1) is 14.5. The predicted molar refractivity (Wildman–Crippen MR) is 84.1 cm³/mol. The normalized spacial score (nSPS) is 19.9. The van der Waals surface area contributed by atoms with Crippen LogP contribution in [-0.4, -0.2) is 55.0 Å². The van der Waals surface area contributed by atoms with Gasteiger partial charge in [-0.2, -0.15) is 0 Å². The maximum absolute atomic E-state index is 12.1. The van der Waals surface area contributed by atoms with Crippen molar-refractivity contribution in [3.8, 4) is 0 Å². The molecule has 21 heavy (non-hydrogen) atoms. The van der Waals surface area contributed by atoms with Crippen molar-refractivity contribution in [3.05, 3.63) is 35.4 Å². The number of nitrogens with zero attached hydrogens (tertiary/aromatic N) is 2. The zero-order valence-electron chi connectivity index (χ0n) is 12.7. The van der Waals surface area contributed by atoms with Gasteiger partial charge in [-0.05, 0) is 24.0 Å². The summed E-state index contributed by atoms with van der Waals surface area (Å²) in [6.07, 6.45) is 2.87. The summed E-state index contributed by atoms with van der Waals surface area (Å²) >= 11 is 0. The van der Waals surface area contributed by atoms with Crippen molar-refractivity contribution >= 4 is 5.91 Å². The van der Waals surface area contributed by atoms with Crippen LogP contribution in [0.2, 0.25) is 0 Å². The van der Waals surface area contributed by atoms with Crippen LogP contribution in [0.1, 0.15) is 24.0 Å². The summed E-state index contributed by atoms with van der Waals surface area (Å²) < 4.78 is 0. The summed E-state index contributed by atoms with van der Waals surface area (Å²) in [5.74, 6) is 0.280. The van der Waals surface area contributed by atoms with Crippen LogP contribution in [-0.2, 0) is 17.8 Å². The Hall–Kier alpha value is -1.39. The lowest BCUT2D eigenvalue weighted by Gasteiger charge is -2.27. The van der Waals surface area contributed by atoms with Gasteiger partial charge in [-0.3, -0.25) is 9.69 Å². The maximum Gasteiger partial charge on any atom is 0.226 e. The van der Waals surface area contributed by atoms with Crippen molar-refractivity contribution in [2.45, 2.75) is 25.8 Å². The largest absolute Gasteiger partial charge is 0.342 e. The fourth-order valence-electron chi connectivity index (χ4n) is 3.14. The molecule has 0 aromatic heterocycles. The van der Waals surface area contributed by atoms with Gasteiger partial charge in [0.1, 0.15) is 0 Å². The van der Waals surface area contributed by atoms with Gasteiger partial charge in [-0.25, -0.2) is 0 Å². The van der Waals surface area contributed by atoms with Crippen molar-refractivity contribution in [2.75, 3.05) is 39.3 Å². The third kappa shape index (κ3) is 4.05. The highest BCUT2D eigenvalue weighted by molar-refractivity contribution is 5.79. The first-order valence-electron chi connectivity index (χ1n) is 8.10. The number of hydrogen-bond acceptors (Lipinski definition) is 3. The second-order valence-corrected chi connectivity index (χ2v) is 6.11. The lowest BCUT2D eigenvalue weighted by molar-refractivity contribution is -0.129. The minimum atomic E-state index is 0.280. The average molecular weight is 287 g/mol. The molecule has 0 spiro atoms. The molecule has 1 amide bonds. The zero-order valence-corrected chi connectivity index (χ0v) is 12.7. The van der Waals surface area contributed by atoms with Crippen LogP contribution in [0.3, 0.4) is 0 Å². The van der Waals surface area contributed by atoms with E-state index in [0.29, 0.717) is 6.42 Å². The fourth-order valence-corrected chi connectivity index (χ4v) is 3.14. The van der Waals surface area contributed by atoms with E-state index in [9.17, 15) is 4.79 Å². The number of likely N-dealkylation sites (tertiary alicyclic amines) is 1. The Morgan fingerprint density at radius 2 is 1.57 bits per heavy atom. The van der Waals surface area contributed by atoms with Gasteiger partial charge in [0, 0.05) is 45.8 Å². The van der Waals surface area contributed by atoms with Gasteiger partial charge in [0.25, 0.3) is 0 Å². The first-order valence-corrected chi connectivity index (χ1v) is 8.10. The SMILES string of the molecule is O=C(Cc1ccc(CN2CCNCC2)cc1)N1CCCC1. The number of nitrogens with one attached hydrogen (secondary N) is 1. The summed E-state index contributed by atoms with van der Waals surface area (Å²) in [5, 5.41) is 3.37. The number of piperazine rings is 1. The third-order valence-corrected chi connectivity index (χ3v) is 4.45. The molecular weight excluding hydrogens is 262 g/mol. The molecule has 4 heteroatoms. The van der Waals surface area contributed by atoms with Crippen molar-refractivity contribution < 1.29 is 4.79 Å². The standard InChI is InChI=1S/C17H25N3O/c21-17(20-9-1-2-10-20)13-15-3-5-16(6-4-15)14-19-11-7-18-8-12-19/h3-6,18H,1-2,7-14H2. The fraction of sp³-hybridized carbons (Fsp3) is 0.588. The maximum atomic E-state index is 12.1. The van der Waals surface area contributed by atoms with Crippen LogP contribution < -0.4 is 5.32 Å². The Morgan fingerprint density at radius 1 is 0.952 bits per heavy atom. The number of carbonyl (C=O) groups is 1. The smallest absolute Gasteiger partial charge is 0.226 e. The van der Waals surface area contributed by atoms with Gasteiger partial charge in [-0.1, -0.05) is 24.3 Å². The van der Waals surface area contributed by atoms with Crippen molar-refractivity contribution in [3.63, 3.8) is 0 Å². The monoisotopic (exact) mass is 287 g/mol. The summed E-state index contributed by atoms with van der Waals surface area (Å²) in [5.41, 5.74) is 2.48. The average Bonchev–Trinajstić information content (AvgIpc) is 3.05. The first-order chi connectivity index (χ1) is 10.3. The molecular formula is C17H25N3O. The van der Waals surface area contributed by atoms with E-state index in [4.69, 9.17) is 0 Å². The molecule has 1 N–H and O–H groups in total. The second-order valence-electron chi connectivity index (χ2n) is 6.11. The van der Waals surface area contributed by atoms with Crippen LogP contribution >= 0.6 is 0 Å². The molecule has 3 rings (SSSR count). The molecule has 1 aromatic rings. The molecule has 0 aliphatic carbocycles. The molecule has 4 nitrogen and oxygen atoms in total. The van der Waals surface area contributed by atoms with Gasteiger partial charge in [0.15, 0.2) is 0 Å². The second kappa shape index (κ2) is 7.05. The van der Waals surface area contributed by atoms with E-state index >= 15 is 0 Å². The van der Waals surface area contributed by atoms with E-state index in [1.807, 2.05) is 4.90 Å². The van der Waals surface area contributed by atoms with Crippen LogP contribution in [0.15, 0.2) is 24.3 Å². The molecule has 0 bridgehead atoms. The lowest BCUT2D eigenvalue weighted by Crippen LogP contribution is -2.42. The molecule has 2 heterocycles. The minimum absolute atomic E-state index is 0.280. The Labute approximate surface area is 127 Å². The summed E-state index contributed by atoms with van der Waals surface area (Å²) in [4.78, 5) is 16.6. The number of benzene rings is 1. The molecule has 2 aliphatic heterocycles. The van der Waals surface area contributed by atoms with E-state index in [-0.39, 0.29) is 5.91 Å². The molecule has 0 radical (unpaired) electrons. The lowest BCUT2D eigenvalue weighted by atomic mass is 10.1. The predicted octanol–water partition coefficient (Wildman–Crippen LogP) is 1.26. The van der Waals surface area contributed by atoms with Gasteiger partial charge >= 0.3 is 0 Å². The highest BCUT2D eigenvalue weighted by Gasteiger charge is 2.17. The van der Waals surface area contributed by atoms with Crippen molar-refractivity contribution in [1.29, 1.82) is 0 Å². The molecule has 0 atom stereocenters. The van der Waals surface area contributed by atoms with E-state index in [0.717, 1.165) is 64.2 Å². The van der Waals surface area contributed by atoms with Crippen LogP contribution in [0.25, 0.3) is 0 Å². The van der Waals surface area contributed by atoms with E-state index < -0.39 is 0 Å². The summed E-state index contributed by atoms with van der Waals surface area (Å²) in [7, 11) is 0. The number of amides is 1. The molecule has 2 aliphatic rings. The number of carbonyl (C=O) groups excluding carboxylic acids is 1. The highest BCUT2D eigenvalue weighted by atomic mass is 16.2. The van der Waals surface area contributed by atoms with E-state index in [1.165, 1.54) is 5.56 Å². The molecule has 2 saturated heterocycles. The molecule has 0 unspecified atom stereocenters. The van der Waals surface area contributed by atoms with Crippen LogP contribution in [0.4, 0.5) is 0 Å². The van der Waals surface area contributed by atoms with Gasteiger partial charge in [0.05, 0.1) is 6.42 Å². The van der Waals surface area contributed by atoms with E-state index in [2.05, 4.69) is 34.5 Å². The van der Waals surface area contributed by atoms with Crippen LogP contribution in [0, 0.1) is 0 Å². The zero-order chi connectivity index (χ0) is 14.5. The number of hydrogen-bond donors (Lipinski definition) is 1. The number of rotatable bonds is 4. The minimum Gasteiger partial charge on any atom is -0.342 e. The summed E-state index contributed by atoms with van der Waals surface area (Å²) in [6.45, 7) is 7.32. The molecule has 2 fully saturated rings. The quantitative estimate of drug-likeness (QED) is 0.905. The Kier molecular flexibility index (Phi) is 4.88. The molecule has 1 aromatic carbocycles. The topological polar surface area (TPSA) is 35.6 Å². The van der Waals surface area contributed by atoms with Crippen molar-refractivity contribution in [2.24, 2.45) is 0 Å². The van der Waals surface area contributed by atoms with Crippen molar-refractivity contribution in [1.82, 2.24) is 15.1 Å². The van der Waals surface area contributed by atoms with Gasteiger partial charge in [-0.15, -0.1) is 0 Å². The van der Waals surface area contributed by atoms with Gasteiger partial charge < -0.3 is 10.2 Å².